The highest BCUT2D eigenvalue weighted by Crippen LogP contribution is 2.33. The molecule has 0 atom stereocenters. The van der Waals surface area contributed by atoms with E-state index in [2.05, 4.69) is 9.88 Å². The summed E-state index contributed by atoms with van der Waals surface area (Å²) in [7, 11) is 0. The van der Waals surface area contributed by atoms with Crippen LogP contribution in [0.1, 0.15) is 23.9 Å². The van der Waals surface area contributed by atoms with Gasteiger partial charge in [0, 0.05) is 26.2 Å². The number of benzene rings is 1. The minimum atomic E-state index is -0.660. The zero-order valence-electron chi connectivity index (χ0n) is 17.7. The van der Waals surface area contributed by atoms with Crippen LogP contribution in [0.2, 0.25) is 0 Å². The van der Waals surface area contributed by atoms with Crippen molar-refractivity contribution in [3.8, 4) is 5.75 Å². The van der Waals surface area contributed by atoms with Crippen molar-refractivity contribution in [3.05, 3.63) is 46.2 Å². The van der Waals surface area contributed by atoms with E-state index in [9.17, 15) is 14.9 Å². The van der Waals surface area contributed by atoms with Gasteiger partial charge in [0.15, 0.2) is 10.9 Å². The highest BCUT2D eigenvalue weighted by molar-refractivity contribution is 7.22. The van der Waals surface area contributed by atoms with Gasteiger partial charge >= 0.3 is 5.88 Å². The number of thiazole rings is 1. The highest BCUT2D eigenvalue weighted by atomic mass is 32.1. The molecule has 1 amide bonds. The maximum atomic E-state index is 13.2. The predicted molar refractivity (Wildman–Crippen MR) is 120 cm³/mol. The topological polar surface area (TPSA) is 111 Å². The third-order valence-electron chi connectivity index (χ3n) is 5.08. The first kappa shape index (κ1) is 22.2. The molecule has 11 heteroatoms. The van der Waals surface area contributed by atoms with Gasteiger partial charge in [-0.25, -0.2) is 4.98 Å². The zero-order valence-corrected chi connectivity index (χ0v) is 18.5. The maximum Gasteiger partial charge on any atom is 0.433 e. The minimum Gasteiger partial charge on any atom is -0.494 e. The number of fused-ring (bicyclic) bond motifs is 1. The summed E-state index contributed by atoms with van der Waals surface area (Å²) in [6.07, 6.45) is 0.717. The van der Waals surface area contributed by atoms with Gasteiger partial charge in [-0.1, -0.05) is 11.3 Å². The molecule has 32 heavy (non-hydrogen) atoms. The summed E-state index contributed by atoms with van der Waals surface area (Å²) in [6, 6.07) is 8.11. The number of nitro groups is 1. The van der Waals surface area contributed by atoms with Gasteiger partial charge in [0.1, 0.15) is 10.7 Å². The maximum absolute atomic E-state index is 13.2. The molecule has 0 N–H and O–H groups in total. The third-order valence-corrected chi connectivity index (χ3v) is 6.12. The molecule has 170 valence electrons. The van der Waals surface area contributed by atoms with E-state index in [1.54, 1.807) is 0 Å². The lowest BCUT2D eigenvalue weighted by atomic mass is 10.3. The molecule has 10 nitrogen and oxygen atoms in total. The van der Waals surface area contributed by atoms with Crippen LogP contribution in [0.4, 0.5) is 11.0 Å². The first-order valence-corrected chi connectivity index (χ1v) is 11.3. The van der Waals surface area contributed by atoms with Crippen LogP contribution in [-0.2, 0) is 4.74 Å². The summed E-state index contributed by atoms with van der Waals surface area (Å²) < 4.78 is 17.0. The lowest BCUT2D eigenvalue weighted by Gasteiger charge is -2.27. The number of carbonyl (C=O) groups excluding carboxylic acids is 1. The number of aromatic nitrogens is 1. The molecular weight excluding hydrogens is 436 g/mol. The molecule has 1 aliphatic rings. The molecule has 4 rings (SSSR count). The van der Waals surface area contributed by atoms with Crippen LogP contribution in [0.3, 0.4) is 0 Å². The lowest BCUT2D eigenvalue weighted by Crippen LogP contribution is -2.39. The quantitative estimate of drug-likeness (QED) is 0.352. The van der Waals surface area contributed by atoms with Gasteiger partial charge in [0.25, 0.3) is 5.91 Å². The number of rotatable bonds is 9. The van der Waals surface area contributed by atoms with Gasteiger partial charge in [-0.3, -0.25) is 24.7 Å². The molecule has 0 radical (unpaired) electrons. The van der Waals surface area contributed by atoms with Crippen LogP contribution < -0.4 is 9.64 Å². The Morgan fingerprint density at radius 1 is 1.31 bits per heavy atom. The summed E-state index contributed by atoms with van der Waals surface area (Å²) in [5, 5.41) is 11.5. The van der Waals surface area contributed by atoms with Gasteiger partial charge in [0.2, 0.25) is 0 Å². The van der Waals surface area contributed by atoms with Crippen LogP contribution in [0.15, 0.2) is 34.7 Å². The summed E-state index contributed by atoms with van der Waals surface area (Å²) >= 11 is 1.37. The normalized spacial score (nSPS) is 14.5. The monoisotopic (exact) mass is 460 g/mol. The van der Waals surface area contributed by atoms with Crippen LogP contribution in [-0.4, -0.2) is 66.7 Å². The second-order valence-electron chi connectivity index (χ2n) is 7.22. The van der Waals surface area contributed by atoms with E-state index in [4.69, 9.17) is 13.9 Å². The van der Waals surface area contributed by atoms with Crippen molar-refractivity contribution in [1.82, 2.24) is 9.88 Å². The first-order chi connectivity index (χ1) is 15.5. The number of hydrogen-bond donors (Lipinski definition) is 0. The predicted octanol–water partition coefficient (Wildman–Crippen LogP) is 3.57. The van der Waals surface area contributed by atoms with E-state index >= 15 is 0 Å². The molecule has 1 fully saturated rings. The SMILES string of the molecule is CCOc1ccc2nc(N(CCCN3CCOCC3)C(=O)c3ccc([N+](=O)[O-])o3)sc2c1. The molecular formula is C21H24N4O6S. The van der Waals surface area contributed by atoms with Crippen LogP contribution in [0.5, 0.6) is 5.75 Å². The van der Waals surface area contributed by atoms with Gasteiger partial charge in [-0.05, 0) is 37.6 Å². The Labute approximate surface area is 188 Å². The molecule has 0 bridgehead atoms. The molecule has 1 aliphatic heterocycles. The summed E-state index contributed by atoms with van der Waals surface area (Å²) in [5.74, 6) is -0.268. The number of carbonyl (C=O) groups is 1. The Kier molecular flexibility index (Phi) is 6.98. The Morgan fingerprint density at radius 3 is 2.84 bits per heavy atom. The van der Waals surface area contributed by atoms with Gasteiger partial charge in [-0.15, -0.1) is 0 Å². The lowest BCUT2D eigenvalue weighted by molar-refractivity contribution is -0.402. The third kappa shape index (κ3) is 5.06. The number of hydrogen-bond acceptors (Lipinski definition) is 9. The number of furan rings is 1. The molecule has 0 saturated carbocycles. The number of anilines is 1. The van der Waals surface area contributed by atoms with E-state index in [1.807, 2.05) is 25.1 Å². The number of amides is 1. The largest absolute Gasteiger partial charge is 0.494 e. The van der Waals surface area contributed by atoms with Gasteiger partial charge in [0.05, 0.1) is 36.1 Å². The van der Waals surface area contributed by atoms with Crippen molar-refractivity contribution >= 4 is 38.5 Å². The average Bonchev–Trinajstić information content (AvgIpc) is 3.44. The molecule has 2 aromatic heterocycles. The molecule has 3 aromatic rings. The fourth-order valence-corrected chi connectivity index (χ4v) is 4.52. The van der Waals surface area contributed by atoms with Crippen LogP contribution in [0, 0.1) is 10.1 Å². The van der Waals surface area contributed by atoms with E-state index in [1.165, 1.54) is 28.4 Å². The van der Waals surface area contributed by atoms with E-state index < -0.39 is 16.7 Å². The zero-order chi connectivity index (χ0) is 22.5. The standard InChI is InChI=1S/C21H24N4O6S/c1-2-30-15-4-5-16-18(14-15)32-21(22-16)24(9-3-8-23-10-12-29-13-11-23)20(26)17-6-7-19(31-17)25(27)28/h4-7,14H,2-3,8-13H2,1H3. The molecule has 1 aromatic carbocycles. The summed E-state index contributed by atoms with van der Waals surface area (Å²) in [4.78, 5) is 32.0. The number of morpholine rings is 1. The van der Waals surface area contributed by atoms with Crippen LogP contribution >= 0.6 is 11.3 Å². The fraction of sp³-hybridized carbons (Fsp3) is 0.429. The Balaban J connectivity index is 1.57. The first-order valence-electron chi connectivity index (χ1n) is 10.4. The smallest absolute Gasteiger partial charge is 0.433 e. The van der Waals surface area contributed by atoms with E-state index in [-0.39, 0.29) is 5.76 Å². The summed E-state index contributed by atoms with van der Waals surface area (Å²) in [6.45, 7) is 6.82. The molecule has 3 heterocycles. The second-order valence-corrected chi connectivity index (χ2v) is 8.23. The fourth-order valence-electron chi connectivity index (χ4n) is 3.50. The Morgan fingerprint density at radius 2 is 2.12 bits per heavy atom. The van der Waals surface area contributed by atoms with Crippen molar-refractivity contribution in [1.29, 1.82) is 0 Å². The minimum absolute atomic E-state index is 0.0858. The van der Waals surface area contributed by atoms with Crippen molar-refractivity contribution in [2.24, 2.45) is 0 Å². The highest BCUT2D eigenvalue weighted by Gasteiger charge is 2.26. The van der Waals surface area contributed by atoms with Crippen molar-refractivity contribution in [2.45, 2.75) is 13.3 Å². The number of ether oxygens (including phenoxy) is 2. The average molecular weight is 461 g/mol. The van der Waals surface area contributed by atoms with Crippen molar-refractivity contribution in [2.75, 3.05) is 50.9 Å². The molecule has 0 aliphatic carbocycles. The van der Waals surface area contributed by atoms with Gasteiger partial charge in [-0.2, -0.15) is 0 Å². The van der Waals surface area contributed by atoms with E-state index in [0.29, 0.717) is 37.9 Å². The molecule has 0 unspecified atom stereocenters. The Hall–Kier alpha value is -3.02. The van der Waals surface area contributed by atoms with Gasteiger partial charge < -0.3 is 13.9 Å². The Bertz CT molecular complexity index is 1090. The van der Waals surface area contributed by atoms with E-state index in [0.717, 1.165) is 35.6 Å². The second kappa shape index (κ2) is 10.1. The van der Waals surface area contributed by atoms with Crippen molar-refractivity contribution < 1.29 is 23.6 Å². The molecule has 1 saturated heterocycles. The molecule has 0 spiro atoms. The summed E-state index contributed by atoms with van der Waals surface area (Å²) in [5.41, 5.74) is 0.754. The number of nitrogens with zero attached hydrogens (tertiary/aromatic N) is 4. The van der Waals surface area contributed by atoms with Crippen molar-refractivity contribution in [3.63, 3.8) is 0 Å². The van der Waals surface area contributed by atoms with Crippen LogP contribution in [0.25, 0.3) is 10.2 Å².